The maximum atomic E-state index is 6.47. The molecular formula is C17H27NO. The molecule has 106 valence electrons. The average Bonchev–Trinajstić information content (AvgIpc) is 2.38. The molecule has 0 radical (unpaired) electrons. The maximum absolute atomic E-state index is 6.47. The third kappa shape index (κ3) is 3.50. The Labute approximate surface area is 117 Å². The summed E-state index contributed by atoms with van der Waals surface area (Å²) in [6.45, 7) is 4.25. The first-order chi connectivity index (χ1) is 9.11. The average molecular weight is 261 g/mol. The largest absolute Gasteiger partial charge is 0.496 e. The van der Waals surface area contributed by atoms with Crippen LogP contribution in [0.4, 0.5) is 0 Å². The molecule has 0 heterocycles. The molecule has 1 aliphatic rings. The van der Waals surface area contributed by atoms with Crippen molar-refractivity contribution in [2.45, 2.75) is 58.4 Å². The van der Waals surface area contributed by atoms with Crippen molar-refractivity contribution in [3.63, 3.8) is 0 Å². The predicted octanol–water partition coefficient (Wildman–Crippen LogP) is 4.28. The predicted molar refractivity (Wildman–Crippen MR) is 80.6 cm³/mol. The summed E-state index contributed by atoms with van der Waals surface area (Å²) in [5, 5.41) is 0. The standard InChI is InChI=1S/C17H27NO/c1-12-9-13(2)17(16(10-12)19-3)15(18)11-14-7-5-4-6-8-14/h9-10,14-15H,4-8,11,18H2,1-3H3. The lowest BCUT2D eigenvalue weighted by atomic mass is 9.82. The van der Waals surface area contributed by atoms with Crippen molar-refractivity contribution in [3.8, 4) is 5.75 Å². The molecular weight excluding hydrogens is 234 g/mol. The lowest BCUT2D eigenvalue weighted by molar-refractivity contribution is 0.315. The van der Waals surface area contributed by atoms with Gasteiger partial charge in [-0.2, -0.15) is 0 Å². The third-order valence-electron chi connectivity index (χ3n) is 4.40. The van der Waals surface area contributed by atoms with Crippen molar-refractivity contribution < 1.29 is 4.74 Å². The van der Waals surface area contributed by atoms with Crippen molar-refractivity contribution in [1.29, 1.82) is 0 Å². The van der Waals surface area contributed by atoms with Gasteiger partial charge in [0.25, 0.3) is 0 Å². The smallest absolute Gasteiger partial charge is 0.124 e. The fourth-order valence-electron chi connectivity index (χ4n) is 3.48. The summed E-state index contributed by atoms with van der Waals surface area (Å²) >= 11 is 0. The summed E-state index contributed by atoms with van der Waals surface area (Å²) in [6.07, 6.45) is 7.95. The summed E-state index contributed by atoms with van der Waals surface area (Å²) in [6, 6.07) is 4.42. The molecule has 1 aromatic carbocycles. The molecule has 0 spiro atoms. The molecule has 1 aliphatic carbocycles. The van der Waals surface area contributed by atoms with E-state index in [-0.39, 0.29) is 6.04 Å². The van der Waals surface area contributed by atoms with Crippen LogP contribution in [0.3, 0.4) is 0 Å². The van der Waals surface area contributed by atoms with Crippen LogP contribution in [0.1, 0.15) is 61.3 Å². The van der Waals surface area contributed by atoms with Gasteiger partial charge in [0.05, 0.1) is 7.11 Å². The quantitative estimate of drug-likeness (QED) is 0.878. The molecule has 1 aromatic rings. The van der Waals surface area contributed by atoms with Gasteiger partial charge in [-0.3, -0.25) is 0 Å². The molecule has 19 heavy (non-hydrogen) atoms. The van der Waals surface area contributed by atoms with Gasteiger partial charge in [0, 0.05) is 11.6 Å². The number of methoxy groups -OCH3 is 1. The van der Waals surface area contributed by atoms with E-state index in [2.05, 4.69) is 26.0 Å². The fourth-order valence-corrected chi connectivity index (χ4v) is 3.48. The van der Waals surface area contributed by atoms with Crippen molar-refractivity contribution in [3.05, 3.63) is 28.8 Å². The Kier molecular flexibility index (Phi) is 4.87. The second-order valence-electron chi connectivity index (χ2n) is 6.04. The second kappa shape index (κ2) is 6.42. The van der Waals surface area contributed by atoms with E-state index in [1.807, 2.05) is 0 Å². The van der Waals surface area contributed by atoms with E-state index in [4.69, 9.17) is 10.5 Å². The molecule has 1 fully saturated rings. The van der Waals surface area contributed by atoms with Gasteiger partial charge < -0.3 is 10.5 Å². The summed E-state index contributed by atoms with van der Waals surface area (Å²) in [5.74, 6) is 1.76. The lowest BCUT2D eigenvalue weighted by Gasteiger charge is -2.26. The zero-order valence-electron chi connectivity index (χ0n) is 12.5. The number of rotatable bonds is 4. The number of hydrogen-bond acceptors (Lipinski definition) is 2. The van der Waals surface area contributed by atoms with Crippen molar-refractivity contribution in [1.82, 2.24) is 0 Å². The zero-order chi connectivity index (χ0) is 13.8. The number of aryl methyl sites for hydroxylation is 2. The van der Waals surface area contributed by atoms with Gasteiger partial charge in [-0.25, -0.2) is 0 Å². The molecule has 2 N–H and O–H groups in total. The molecule has 1 unspecified atom stereocenters. The van der Waals surface area contributed by atoms with Crippen LogP contribution < -0.4 is 10.5 Å². The summed E-state index contributed by atoms with van der Waals surface area (Å²) in [5.41, 5.74) is 10.2. The van der Waals surface area contributed by atoms with Crippen LogP contribution in [0, 0.1) is 19.8 Å². The molecule has 0 aliphatic heterocycles. The van der Waals surface area contributed by atoms with E-state index in [9.17, 15) is 0 Å². The van der Waals surface area contributed by atoms with Crippen LogP contribution in [-0.4, -0.2) is 7.11 Å². The van der Waals surface area contributed by atoms with E-state index < -0.39 is 0 Å². The van der Waals surface area contributed by atoms with Crippen LogP contribution in [0.5, 0.6) is 5.75 Å². The first kappa shape index (κ1) is 14.4. The fraction of sp³-hybridized carbons (Fsp3) is 0.647. The van der Waals surface area contributed by atoms with Gasteiger partial charge in [0.15, 0.2) is 0 Å². The van der Waals surface area contributed by atoms with Crippen LogP contribution >= 0.6 is 0 Å². The van der Waals surface area contributed by atoms with Crippen LogP contribution in [0.15, 0.2) is 12.1 Å². The topological polar surface area (TPSA) is 35.2 Å². The summed E-state index contributed by atoms with van der Waals surface area (Å²) in [4.78, 5) is 0. The second-order valence-corrected chi connectivity index (χ2v) is 6.04. The Hall–Kier alpha value is -1.02. The van der Waals surface area contributed by atoms with Gasteiger partial charge in [0.2, 0.25) is 0 Å². The maximum Gasteiger partial charge on any atom is 0.124 e. The molecule has 0 amide bonds. The highest BCUT2D eigenvalue weighted by atomic mass is 16.5. The zero-order valence-corrected chi connectivity index (χ0v) is 12.5. The van der Waals surface area contributed by atoms with Gasteiger partial charge in [0.1, 0.15) is 5.75 Å². The summed E-state index contributed by atoms with van der Waals surface area (Å²) < 4.78 is 5.54. The number of nitrogens with two attached hydrogens (primary N) is 1. The van der Waals surface area contributed by atoms with E-state index in [1.165, 1.54) is 48.8 Å². The minimum absolute atomic E-state index is 0.110. The van der Waals surface area contributed by atoms with Gasteiger partial charge >= 0.3 is 0 Å². The number of hydrogen-bond donors (Lipinski definition) is 1. The normalized spacial score (nSPS) is 18.3. The first-order valence-corrected chi connectivity index (χ1v) is 7.52. The minimum atomic E-state index is 0.110. The Morgan fingerprint density at radius 3 is 2.53 bits per heavy atom. The third-order valence-corrected chi connectivity index (χ3v) is 4.40. The van der Waals surface area contributed by atoms with E-state index in [1.54, 1.807) is 7.11 Å². The first-order valence-electron chi connectivity index (χ1n) is 7.52. The van der Waals surface area contributed by atoms with Gasteiger partial charge in [-0.1, -0.05) is 38.2 Å². The Morgan fingerprint density at radius 1 is 1.21 bits per heavy atom. The van der Waals surface area contributed by atoms with Crippen LogP contribution in [0.25, 0.3) is 0 Å². The van der Waals surface area contributed by atoms with Crippen LogP contribution in [-0.2, 0) is 0 Å². The van der Waals surface area contributed by atoms with Gasteiger partial charge in [-0.05, 0) is 43.4 Å². The number of ether oxygens (including phenoxy) is 1. The van der Waals surface area contributed by atoms with Crippen molar-refractivity contribution >= 4 is 0 Å². The minimum Gasteiger partial charge on any atom is -0.496 e. The molecule has 2 heteroatoms. The van der Waals surface area contributed by atoms with E-state index in [0.29, 0.717) is 0 Å². The highest BCUT2D eigenvalue weighted by Gasteiger charge is 2.21. The van der Waals surface area contributed by atoms with Crippen LogP contribution in [0.2, 0.25) is 0 Å². The lowest BCUT2D eigenvalue weighted by Crippen LogP contribution is -2.19. The Bertz CT molecular complexity index is 422. The molecule has 0 saturated heterocycles. The Morgan fingerprint density at radius 2 is 1.89 bits per heavy atom. The molecule has 0 bridgehead atoms. The number of benzene rings is 1. The van der Waals surface area contributed by atoms with Crippen molar-refractivity contribution in [2.75, 3.05) is 7.11 Å². The highest BCUT2D eigenvalue weighted by molar-refractivity contribution is 5.44. The van der Waals surface area contributed by atoms with Gasteiger partial charge in [-0.15, -0.1) is 0 Å². The molecule has 0 aromatic heterocycles. The Balaban J connectivity index is 2.15. The highest BCUT2D eigenvalue weighted by Crippen LogP contribution is 2.35. The van der Waals surface area contributed by atoms with E-state index in [0.717, 1.165) is 18.1 Å². The molecule has 1 saturated carbocycles. The van der Waals surface area contributed by atoms with E-state index >= 15 is 0 Å². The SMILES string of the molecule is COc1cc(C)cc(C)c1C(N)CC1CCCCC1. The molecule has 1 atom stereocenters. The van der Waals surface area contributed by atoms with Crippen molar-refractivity contribution in [2.24, 2.45) is 11.7 Å². The monoisotopic (exact) mass is 261 g/mol. The molecule has 2 rings (SSSR count). The summed E-state index contributed by atoms with van der Waals surface area (Å²) in [7, 11) is 1.74. The molecule has 2 nitrogen and oxygen atoms in total.